The van der Waals surface area contributed by atoms with Crippen LogP contribution in [0.2, 0.25) is 0 Å². The standard InChI is InChI=1S/C13H14BrNOS/c1-7-4-9(3)10(5-8(7)2)12(16)13-15-11(14)6-17-13/h4-6,12,16H,1-3H3. The largest absolute Gasteiger partial charge is 0.381 e. The normalized spacial score (nSPS) is 12.8. The number of benzene rings is 1. The Labute approximate surface area is 113 Å². The molecule has 1 atom stereocenters. The van der Waals surface area contributed by atoms with Crippen LogP contribution in [-0.4, -0.2) is 10.1 Å². The molecule has 0 aliphatic heterocycles. The molecule has 2 nitrogen and oxygen atoms in total. The Morgan fingerprint density at radius 1 is 1.18 bits per heavy atom. The minimum atomic E-state index is -0.634. The number of aryl methyl sites for hydroxylation is 3. The minimum absolute atomic E-state index is 0.634. The number of hydrogen-bond acceptors (Lipinski definition) is 3. The molecule has 0 saturated carbocycles. The van der Waals surface area contributed by atoms with Crippen molar-refractivity contribution in [2.75, 3.05) is 0 Å². The lowest BCUT2D eigenvalue weighted by Gasteiger charge is -2.13. The van der Waals surface area contributed by atoms with Gasteiger partial charge >= 0.3 is 0 Å². The highest BCUT2D eigenvalue weighted by Gasteiger charge is 2.17. The summed E-state index contributed by atoms with van der Waals surface area (Å²) in [7, 11) is 0. The number of aromatic nitrogens is 1. The van der Waals surface area contributed by atoms with Crippen LogP contribution in [0.15, 0.2) is 22.1 Å². The molecule has 1 aromatic heterocycles. The summed E-state index contributed by atoms with van der Waals surface area (Å²) in [5.74, 6) is 0. The Hall–Kier alpha value is -0.710. The second-order valence-electron chi connectivity index (χ2n) is 4.20. The fourth-order valence-electron chi connectivity index (χ4n) is 1.80. The van der Waals surface area contributed by atoms with Gasteiger partial charge in [-0.1, -0.05) is 12.1 Å². The zero-order valence-corrected chi connectivity index (χ0v) is 12.4. The third-order valence-electron chi connectivity index (χ3n) is 2.90. The Morgan fingerprint density at radius 3 is 2.41 bits per heavy atom. The molecule has 0 saturated heterocycles. The Balaban J connectivity index is 2.43. The highest BCUT2D eigenvalue weighted by Crippen LogP contribution is 2.30. The maximum atomic E-state index is 10.3. The van der Waals surface area contributed by atoms with E-state index in [0.29, 0.717) is 0 Å². The lowest BCUT2D eigenvalue weighted by Crippen LogP contribution is -2.03. The van der Waals surface area contributed by atoms with E-state index in [4.69, 9.17) is 0 Å². The first-order chi connectivity index (χ1) is 7.99. The van der Waals surface area contributed by atoms with Crippen molar-refractivity contribution in [2.45, 2.75) is 26.9 Å². The van der Waals surface area contributed by atoms with Crippen molar-refractivity contribution in [1.82, 2.24) is 4.98 Å². The number of thiazole rings is 1. The van der Waals surface area contributed by atoms with Gasteiger partial charge < -0.3 is 5.11 Å². The first-order valence-corrected chi connectivity index (χ1v) is 7.03. The fourth-order valence-corrected chi connectivity index (χ4v) is 3.07. The predicted octanol–water partition coefficient (Wildman–Crippen LogP) is 3.91. The third-order valence-corrected chi connectivity index (χ3v) is 4.51. The van der Waals surface area contributed by atoms with Gasteiger partial charge in [-0.05, 0) is 59.0 Å². The monoisotopic (exact) mass is 311 g/mol. The molecule has 4 heteroatoms. The van der Waals surface area contributed by atoms with Gasteiger partial charge in [-0.2, -0.15) is 0 Å². The summed E-state index contributed by atoms with van der Waals surface area (Å²) in [6, 6.07) is 4.15. The minimum Gasteiger partial charge on any atom is -0.381 e. The average molecular weight is 312 g/mol. The smallest absolute Gasteiger partial charge is 0.131 e. The molecule has 1 unspecified atom stereocenters. The molecule has 0 spiro atoms. The van der Waals surface area contributed by atoms with Gasteiger partial charge in [0.1, 0.15) is 15.7 Å². The van der Waals surface area contributed by atoms with Gasteiger partial charge in [0.15, 0.2) is 0 Å². The first-order valence-electron chi connectivity index (χ1n) is 5.35. The Bertz CT molecular complexity index is 550. The van der Waals surface area contributed by atoms with Crippen molar-refractivity contribution in [2.24, 2.45) is 0 Å². The van der Waals surface area contributed by atoms with Crippen molar-refractivity contribution in [1.29, 1.82) is 0 Å². The summed E-state index contributed by atoms with van der Waals surface area (Å²) in [5.41, 5.74) is 4.49. The zero-order valence-electron chi connectivity index (χ0n) is 9.99. The molecule has 2 aromatic rings. The second-order valence-corrected chi connectivity index (χ2v) is 5.91. The van der Waals surface area contributed by atoms with Crippen molar-refractivity contribution < 1.29 is 5.11 Å². The van der Waals surface area contributed by atoms with Crippen molar-refractivity contribution in [3.63, 3.8) is 0 Å². The Kier molecular flexibility index (Phi) is 3.66. The van der Waals surface area contributed by atoms with Crippen LogP contribution in [0.4, 0.5) is 0 Å². The number of aliphatic hydroxyl groups is 1. The van der Waals surface area contributed by atoms with E-state index in [1.165, 1.54) is 22.5 Å². The van der Waals surface area contributed by atoms with Crippen LogP contribution in [0.1, 0.15) is 33.4 Å². The van der Waals surface area contributed by atoms with E-state index >= 15 is 0 Å². The highest BCUT2D eigenvalue weighted by molar-refractivity contribution is 9.10. The van der Waals surface area contributed by atoms with Crippen LogP contribution in [0, 0.1) is 20.8 Å². The van der Waals surface area contributed by atoms with Crippen molar-refractivity contribution in [3.05, 3.63) is 49.4 Å². The van der Waals surface area contributed by atoms with Crippen LogP contribution in [0.5, 0.6) is 0 Å². The molecule has 1 N–H and O–H groups in total. The molecule has 0 radical (unpaired) electrons. The lowest BCUT2D eigenvalue weighted by molar-refractivity contribution is 0.219. The predicted molar refractivity (Wildman–Crippen MR) is 74.5 cm³/mol. The van der Waals surface area contributed by atoms with Crippen LogP contribution >= 0.6 is 27.3 Å². The van der Waals surface area contributed by atoms with Gasteiger partial charge in [-0.15, -0.1) is 11.3 Å². The molecule has 0 aliphatic carbocycles. The van der Waals surface area contributed by atoms with Gasteiger partial charge in [0.05, 0.1) is 0 Å². The van der Waals surface area contributed by atoms with Crippen LogP contribution in [0.25, 0.3) is 0 Å². The summed E-state index contributed by atoms with van der Waals surface area (Å²) < 4.78 is 0.776. The average Bonchev–Trinajstić information content (AvgIpc) is 2.69. The molecule has 0 bridgehead atoms. The lowest BCUT2D eigenvalue weighted by atomic mass is 9.97. The Morgan fingerprint density at radius 2 is 1.82 bits per heavy atom. The molecule has 0 amide bonds. The van der Waals surface area contributed by atoms with Gasteiger partial charge in [-0.25, -0.2) is 4.98 Å². The number of rotatable bonds is 2. The molecule has 1 heterocycles. The third kappa shape index (κ3) is 2.59. The highest BCUT2D eigenvalue weighted by atomic mass is 79.9. The maximum Gasteiger partial charge on any atom is 0.131 e. The molecular formula is C13H14BrNOS. The van der Waals surface area contributed by atoms with E-state index in [2.05, 4.69) is 40.8 Å². The maximum absolute atomic E-state index is 10.3. The van der Waals surface area contributed by atoms with E-state index in [1.807, 2.05) is 18.4 Å². The van der Waals surface area contributed by atoms with E-state index < -0.39 is 6.10 Å². The van der Waals surface area contributed by atoms with Gasteiger partial charge in [-0.3, -0.25) is 0 Å². The quantitative estimate of drug-likeness (QED) is 0.912. The molecule has 0 aliphatic rings. The van der Waals surface area contributed by atoms with Gasteiger partial charge in [0.25, 0.3) is 0 Å². The van der Waals surface area contributed by atoms with E-state index in [-0.39, 0.29) is 0 Å². The summed E-state index contributed by atoms with van der Waals surface area (Å²) in [6.07, 6.45) is -0.634. The SMILES string of the molecule is Cc1cc(C)c(C(O)c2nc(Br)cs2)cc1C. The fraction of sp³-hybridized carbons (Fsp3) is 0.308. The second kappa shape index (κ2) is 4.88. The molecule has 90 valence electrons. The first kappa shape index (κ1) is 12.7. The van der Waals surface area contributed by atoms with Crippen molar-refractivity contribution in [3.8, 4) is 0 Å². The summed E-state index contributed by atoms with van der Waals surface area (Å²) in [6.45, 7) is 6.16. The van der Waals surface area contributed by atoms with E-state index in [1.54, 1.807) is 0 Å². The van der Waals surface area contributed by atoms with Crippen LogP contribution in [-0.2, 0) is 0 Å². The summed E-state index contributed by atoms with van der Waals surface area (Å²) in [4.78, 5) is 4.27. The number of nitrogens with zero attached hydrogens (tertiary/aromatic N) is 1. The molecule has 0 fully saturated rings. The molecule has 17 heavy (non-hydrogen) atoms. The number of aliphatic hydroxyl groups excluding tert-OH is 1. The van der Waals surface area contributed by atoms with Crippen LogP contribution < -0.4 is 0 Å². The summed E-state index contributed by atoms with van der Waals surface area (Å²) >= 11 is 4.77. The van der Waals surface area contributed by atoms with Gasteiger partial charge in [0, 0.05) is 5.38 Å². The van der Waals surface area contributed by atoms with Crippen molar-refractivity contribution >= 4 is 27.3 Å². The summed E-state index contributed by atoms with van der Waals surface area (Å²) in [5, 5.41) is 12.9. The van der Waals surface area contributed by atoms with Crippen LogP contribution in [0.3, 0.4) is 0 Å². The zero-order chi connectivity index (χ0) is 12.6. The molecule has 2 rings (SSSR count). The molecule has 1 aromatic carbocycles. The van der Waals surface area contributed by atoms with E-state index in [0.717, 1.165) is 20.7 Å². The van der Waals surface area contributed by atoms with E-state index in [9.17, 15) is 5.11 Å². The topological polar surface area (TPSA) is 33.1 Å². The number of hydrogen-bond donors (Lipinski definition) is 1. The number of halogens is 1. The van der Waals surface area contributed by atoms with Gasteiger partial charge in [0.2, 0.25) is 0 Å². The molecular weight excluding hydrogens is 298 g/mol.